The Morgan fingerprint density at radius 2 is 2.38 bits per heavy atom. The van der Waals surface area contributed by atoms with E-state index in [1.807, 2.05) is 0 Å². The van der Waals surface area contributed by atoms with Crippen LogP contribution < -0.4 is 4.74 Å². The standard InChI is InChI=1S/C5H2O3/c6-5-4-3(8-5)1-2-7-4/h1-2H. The van der Waals surface area contributed by atoms with Gasteiger partial charge in [0.25, 0.3) is 5.76 Å². The zero-order valence-corrected chi connectivity index (χ0v) is 3.88. The lowest BCUT2D eigenvalue weighted by atomic mass is 10.3. The molecular formula is C5H2O3. The normalized spacial score (nSPS) is 14.2. The summed E-state index contributed by atoms with van der Waals surface area (Å²) in [5.74, 6) is 0.519. The van der Waals surface area contributed by atoms with Crippen LogP contribution in [0.4, 0.5) is 0 Å². The maximum Gasteiger partial charge on any atom is 0.383 e. The Bertz CT molecular complexity index is 236. The Morgan fingerprint density at radius 1 is 1.50 bits per heavy atom. The summed E-state index contributed by atoms with van der Waals surface area (Å²) in [5, 5.41) is 0. The molecule has 0 radical (unpaired) electrons. The molecule has 0 atom stereocenters. The number of hydrogen-bond donors (Lipinski definition) is 0. The van der Waals surface area contributed by atoms with E-state index in [0.717, 1.165) is 0 Å². The highest BCUT2D eigenvalue weighted by atomic mass is 16.6. The number of carbonyl (C=O) groups excluding carboxylic acids is 1. The predicted octanol–water partition coefficient (Wildman–Crippen LogP) is 0.812. The Labute approximate surface area is 44.9 Å². The molecule has 1 aliphatic rings. The van der Waals surface area contributed by atoms with Crippen molar-refractivity contribution in [1.82, 2.24) is 0 Å². The molecule has 0 saturated heterocycles. The SMILES string of the molecule is O=C1Oc2ccoc21. The average molecular weight is 110 g/mol. The molecule has 2 heterocycles. The van der Waals surface area contributed by atoms with Crippen LogP contribution in [0.3, 0.4) is 0 Å². The largest absolute Gasteiger partial charge is 0.454 e. The van der Waals surface area contributed by atoms with Gasteiger partial charge in [-0.15, -0.1) is 0 Å². The van der Waals surface area contributed by atoms with Crippen molar-refractivity contribution in [2.24, 2.45) is 0 Å². The number of esters is 1. The van der Waals surface area contributed by atoms with E-state index >= 15 is 0 Å². The maximum atomic E-state index is 10.3. The van der Waals surface area contributed by atoms with Crippen molar-refractivity contribution >= 4 is 5.97 Å². The lowest BCUT2D eigenvalue weighted by Crippen LogP contribution is -2.17. The summed E-state index contributed by atoms with van der Waals surface area (Å²) >= 11 is 0. The third kappa shape index (κ3) is 0.238. The third-order valence-corrected chi connectivity index (χ3v) is 1.02. The number of carbonyl (C=O) groups is 1. The summed E-state index contributed by atoms with van der Waals surface area (Å²) in [5.41, 5.74) is 0. The van der Waals surface area contributed by atoms with Gasteiger partial charge in [-0.2, -0.15) is 0 Å². The topological polar surface area (TPSA) is 39.4 Å². The molecule has 40 valence electrons. The Morgan fingerprint density at radius 3 is 2.88 bits per heavy atom. The van der Waals surface area contributed by atoms with Crippen molar-refractivity contribution in [3.63, 3.8) is 0 Å². The number of hydrogen-bond acceptors (Lipinski definition) is 3. The highest BCUT2D eigenvalue weighted by molar-refractivity contribution is 5.98. The van der Waals surface area contributed by atoms with E-state index in [4.69, 9.17) is 0 Å². The number of furan rings is 1. The van der Waals surface area contributed by atoms with Gasteiger partial charge in [0, 0.05) is 6.07 Å². The second-order valence-electron chi connectivity index (χ2n) is 1.50. The zero-order chi connectivity index (χ0) is 5.56. The first-order valence-corrected chi connectivity index (χ1v) is 2.17. The first kappa shape index (κ1) is 3.72. The maximum absolute atomic E-state index is 10.3. The molecule has 0 fully saturated rings. The van der Waals surface area contributed by atoms with E-state index in [1.165, 1.54) is 6.26 Å². The molecule has 0 aromatic carbocycles. The van der Waals surface area contributed by atoms with Crippen molar-refractivity contribution in [1.29, 1.82) is 0 Å². The van der Waals surface area contributed by atoms with Gasteiger partial charge in [0.05, 0.1) is 6.26 Å². The van der Waals surface area contributed by atoms with Gasteiger partial charge in [0.1, 0.15) is 0 Å². The van der Waals surface area contributed by atoms with Crippen molar-refractivity contribution in [3.8, 4) is 5.75 Å². The van der Waals surface area contributed by atoms with Crippen LogP contribution in [0.1, 0.15) is 10.6 Å². The van der Waals surface area contributed by atoms with Crippen LogP contribution in [0.15, 0.2) is 16.7 Å². The van der Waals surface area contributed by atoms with Crippen LogP contribution in [0.25, 0.3) is 0 Å². The predicted molar refractivity (Wildman–Crippen MR) is 23.7 cm³/mol. The smallest absolute Gasteiger partial charge is 0.383 e. The van der Waals surface area contributed by atoms with E-state index in [2.05, 4.69) is 9.15 Å². The summed E-state index contributed by atoms with van der Waals surface area (Å²) in [6, 6.07) is 1.61. The van der Waals surface area contributed by atoms with Crippen LogP contribution in [0.5, 0.6) is 5.75 Å². The summed E-state index contributed by atoms with van der Waals surface area (Å²) < 4.78 is 9.18. The molecule has 0 unspecified atom stereocenters. The molecule has 3 nitrogen and oxygen atoms in total. The van der Waals surface area contributed by atoms with E-state index in [9.17, 15) is 4.79 Å². The van der Waals surface area contributed by atoms with Gasteiger partial charge in [-0.05, 0) is 0 Å². The second-order valence-corrected chi connectivity index (χ2v) is 1.50. The molecule has 0 saturated carbocycles. The van der Waals surface area contributed by atoms with Crippen LogP contribution in [0, 0.1) is 0 Å². The third-order valence-electron chi connectivity index (χ3n) is 1.02. The molecule has 3 heteroatoms. The molecule has 1 aromatic rings. The van der Waals surface area contributed by atoms with Gasteiger partial charge in [0.2, 0.25) is 0 Å². The van der Waals surface area contributed by atoms with Crippen LogP contribution in [-0.2, 0) is 0 Å². The molecule has 8 heavy (non-hydrogen) atoms. The number of ether oxygens (including phenoxy) is 1. The number of rotatable bonds is 0. The van der Waals surface area contributed by atoms with Gasteiger partial charge in [-0.3, -0.25) is 0 Å². The van der Waals surface area contributed by atoms with Crippen molar-refractivity contribution in [2.45, 2.75) is 0 Å². The summed E-state index contributed by atoms with van der Waals surface area (Å²) in [4.78, 5) is 10.3. The van der Waals surface area contributed by atoms with E-state index in [-0.39, 0.29) is 5.97 Å². The Kier molecular flexibility index (Phi) is 0.436. The van der Waals surface area contributed by atoms with E-state index in [0.29, 0.717) is 11.5 Å². The molecule has 0 N–H and O–H groups in total. The van der Waals surface area contributed by atoms with Gasteiger partial charge in [0.15, 0.2) is 5.75 Å². The van der Waals surface area contributed by atoms with Gasteiger partial charge >= 0.3 is 5.97 Å². The zero-order valence-electron chi connectivity index (χ0n) is 3.88. The van der Waals surface area contributed by atoms with Crippen LogP contribution in [0.2, 0.25) is 0 Å². The van der Waals surface area contributed by atoms with Crippen LogP contribution >= 0.6 is 0 Å². The quantitative estimate of drug-likeness (QED) is 0.464. The van der Waals surface area contributed by atoms with Gasteiger partial charge in [-0.1, -0.05) is 0 Å². The minimum atomic E-state index is -0.370. The highest BCUT2D eigenvalue weighted by Gasteiger charge is 2.29. The summed E-state index contributed by atoms with van der Waals surface area (Å²) in [6.45, 7) is 0. The summed E-state index contributed by atoms with van der Waals surface area (Å²) in [6.07, 6.45) is 1.43. The average Bonchev–Trinajstić information content (AvgIpc) is 2.09. The van der Waals surface area contributed by atoms with Crippen molar-refractivity contribution < 1.29 is 13.9 Å². The monoisotopic (exact) mass is 110 g/mol. The minimum absolute atomic E-state index is 0.338. The molecule has 1 aliphatic heterocycles. The van der Waals surface area contributed by atoms with Crippen LogP contribution in [-0.4, -0.2) is 5.97 Å². The Balaban J connectivity index is 2.68. The minimum Gasteiger partial charge on any atom is -0.454 e. The van der Waals surface area contributed by atoms with Gasteiger partial charge < -0.3 is 9.15 Å². The fraction of sp³-hybridized carbons (Fsp3) is 0. The molecule has 2 rings (SSSR count). The first-order valence-electron chi connectivity index (χ1n) is 2.17. The fourth-order valence-electron chi connectivity index (χ4n) is 0.627. The van der Waals surface area contributed by atoms with Crippen molar-refractivity contribution in [2.75, 3.05) is 0 Å². The Hall–Kier alpha value is -1.25. The lowest BCUT2D eigenvalue weighted by molar-refractivity contribution is 0.0610. The van der Waals surface area contributed by atoms with Crippen molar-refractivity contribution in [3.05, 3.63) is 18.1 Å². The molecule has 1 aromatic heterocycles. The molecule has 0 aliphatic carbocycles. The highest BCUT2D eigenvalue weighted by Crippen LogP contribution is 2.28. The molecule has 0 bridgehead atoms. The molecule has 0 amide bonds. The lowest BCUT2D eigenvalue weighted by Gasteiger charge is -2.08. The van der Waals surface area contributed by atoms with E-state index < -0.39 is 0 Å². The molecule has 0 spiro atoms. The molecular weight excluding hydrogens is 108 g/mol. The summed E-state index contributed by atoms with van der Waals surface area (Å²) in [7, 11) is 0. The fourth-order valence-corrected chi connectivity index (χ4v) is 0.627. The second kappa shape index (κ2) is 0.940. The van der Waals surface area contributed by atoms with Gasteiger partial charge in [-0.25, -0.2) is 4.79 Å². The number of fused-ring (bicyclic) bond motifs is 1. The van der Waals surface area contributed by atoms with E-state index in [1.54, 1.807) is 6.07 Å². The first-order chi connectivity index (χ1) is 3.88.